The maximum absolute atomic E-state index is 15.7. The molecular weight excluding hydrogens is 742 g/mol. The summed E-state index contributed by atoms with van der Waals surface area (Å²) in [5.41, 5.74) is 5.26. The van der Waals surface area contributed by atoms with Crippen molar-refractivity contribution < 1.29 is 28.1 Å². The second-order valence-electron chi connectivity index (χ2n) is 18.1. The summed E-state index contributed by atoms with van der Waals surface area (Å²) in [6, 6.07) is 20.8. The number of amides is 1. The Labute approximate surface area is 332 Å². The molecule has 1 aliphatic rings. The predicted molar refractivity (Wildman–Crippen MR) is 226 cm³/mol. The molecule has 0 N–H and O–H groups in total. The smallest absolute Gasteiger partial charge is 0.410 e. The molecule has 1 amide bonds. The lowest BCUT2D eigenvalue weighted by atomic mass is 9.96. The highest BCUT2D eigenvalue weighted by molar-refractivity contribution is 6.76. The minimum Gasteiger partial charge on any atom is -0.454 e. The van der Waals surface area contributed by atoms with E-state index in [4.69, 9.17) is 29.0 Å². The van der Waals surface area contributed by atoms with Crippen molar-refractivity contribution in [2.45, 2.75) is 118 Å². The summed E-state index contributed by atoms with van der Waals surface area (Å²) < 4.78 is 43.9. The molecule has 3 heterocycles. The van der Waals surface area contributed by atoms with E-state index in [0.717, 1.165) is 51.1 Å². The minimum atomic E-state index is -1.33. The molecule has 0 bridgehead atoms. The van der Waals surface area contributed by atoms with Crippen molar-refractivity contribution in [2.24, 2.45) is 0 Å². The van der Waals surface area contributed by atoms with Crippen molar-refractivity contribution in [3.8, 4) is 34.1 Å². The van der Waals surface area contributed by atoms with Gasteiger partial charge in [0, 0.05) is 34.7 Å². The molecule has 0 radical (unpaired) electrons. The third-order valence-electron chi connectivity index (χ3n) is 9.70. The van der Waals surface area contributed by atoms with Crippen molar-refractivity contribution in [1.29, 1.82) is 0 Å². The van der Waals surface area contributed by atoms with E-state index < -0.39 is 27.6 Å². The van der Waals surface area contributed by atoms with Gasteiger partial charge < -0.3 is 23.5 Å². The molecule has 0 saturated heterocycles. The summed E-state index contributed by atoms with van der Waals surface area (Å²) in [5, 5.41) is 6.05. The van der Waals surface area contributed by atoms with E-state index in [2.05, 4.69) is 56.8 Å². The third-order valence-corrected chi connectivity index (χ3v) is 13.1. The first-order valence-electron chi connectivity index (χ1n) is 19.7. The van der Waals surface area contributed by atoms with Crippen molar-refractivity contribution in [1.82, 2.24) is 24.2 Å². The van der Waals surface area contributed by atoms with Gasteiger partial charge in [-0.25, -0.2) is 18.9 Å². The Morgan fingerprint density at radius 3 is 2.20 bits per heavy atom. The number of aryl methyl sites for hydroxylation is 1. The number of fused-ring (bicyclic) bond motifs is 2. The van der Waals surface area contributed by atoms with Crippen LogP contribution in [0.4, 0.5) is 9.18 Å². The lowest BCUT2D eigenvalue weighted by molar-refractivity contribution is 0.0232. The lowest BCUT2D eigenvalue weighted by Crippen LogP contribution is -2.34. The monoisotopic (exact) mass is 799 g/mol. The quantitative estimate of drug-likeness (QED) is 0.0769. The molecule has 2 aromatic heterocycles. The molecule has 0 fully saturated rings. The van der Waals surface area contributed by atoms with E-state index in [-0.39, 0.29) is 25.3 Å². The number of halogens is 1. The Balaban J connectivity index is 1.40. The molecular formula is C43H58FN5O5Si2. The number of ether oxygens (including phenoxy) is 4. The first kappa shape index (κ1) is 41.3. The van der Waals surface area contributed by atoms with Crippen LogP contribution in [-0.2, 0) is 47.2 Å². The number of nitrogens with zero attached hydrogens (tertiary/aromatic N) is 5. The molecule has 5 aromatic rings. The zero-order valence-corrected chi connectivity index (χ0v) is 36.8. The van der Waals surface area contributed by atoms with Gasteiger partial charge in [-0.2, -0.15) is 5.10 Å². The zero-order valence-electron chi connectivity index (χ0n) is 34.8. The SMILES string of the molecule is CCc1cc(Oc2ccccc2)c(F)cc1-c1ccc2c(-c3nc4c(n3COCC[Si](C)(C)C)CN(C(=O)OC(C)(C)C)C4)nn(COCC[Si](C)(C)C)c2c1. The van der Waals surface area contributed by atoms with Gasteiger partial charge in [0.2, 0.25) is 0 Å². The van der Waals surface area contributed by atoms with Gasteiger partial charge in [-0.05, 0) is 92.4 Å². The maximum Gasteiger partial charge on any atom is 0.410 e. The molecule has 56 heavy (non-hydrogen) atoms. The maximum atomic E-state index is 15.7. The normalized spacial score (nSPS) is 13.4. The number of rotatable bonds is 15. The highest BCUT2D eigenvalue weighted by Gasteiger charge is 2.34. The number of carbonyl (C=O) groups excluding carboxylic acids is 1. The summed E-state index contributed by atoms with van der Waals surface area (Å²) in [5.74, 6) is 1.01. The number of hydrogen-bond acceptors (Lipinski definition) is 7. The molecule has 0 atom stereocenters. The van der Waals surface area contributed by atoms with Crippen LogP contribution in [0.2, 0.25) is 51.4 Å². The van der Waals surface area contributed by atoms with Crippen LogP contribution < -0.4 is 4.74 Å². The van der Waals surface area contributed by atoms with E-state index in [1.165, 1.54) is 0 Å². The molecule has 300 valence electrons. The Morgan fingerprint density at radius 2 is 1.55 bits per heavy atom. The highest BCUT2D eigenvalue weighted by Crippen LogP contribution is 2.38. The number of imidazole rings is 1. The largest absolute Gasteiger partial charge is 0.454 e. The van der Waals surface area contributed by atoms with Crippen molar-refractivity contribution in [2.75, 3.05) is 13.2 Å². The molecule has 0 unspecified atom stereocenters. The predicted octanol–water partition coefficient (Wildman–Crippen LogP) is 10.9. The van der Waals surface area contributed by atoms with Crippen LogP contribution in [0.25, 0.3) is 33.5 Å². The Morgan fingerprint density at radius 1 is 0.875 bits per heavy atom. The van der Waals surface area contributed by atoms with Gasteiger partial charge in [-0.15, -0.1) is 0 Å². The molecule has 1 aliphatic heterocycles. The second-order valence-corrected chi connectivity index (χ2v) is 29.3. The fraction of sp³-hybridized carbons (Fsp3) is 0.465. The van der Waals surface area contributed by atoms with Gasteiger partial charge >= 0.3 is 6.09 Å². The van der Waals surface area contributed by atoms with E-state index >= 15 is 4.39 Å². The van der Waals surface area contributed by atoms with Gasteiger partial charge in [-0.1, -0.05) is 70.5 Å². The van der Waals surface area contributed by atoms with Gasteiger partial charge in [0.05, 0.1) is 30.0 Å². The standard InChI is InChI=1S/C43H58FN5O5Si2/c1-11-30-24-39(53-32-15-13-12-14-16-32)35(44)25-34(30)31-17-18-33-37(23-31)49(29-52-20-22-56(8,9)10)46-40(33)41-45-36-26-47(42(50)54-43(2,3)4)27-38(36)48(41)28-51-19-21-55(5,6)7/h12-18,23-25H,11,19-22,26-29H2,1-10H3. The minimum absolute atomic E-state index is 0.193. The summed E-state index contributed by atoms with van der Waals surface area (Å²) in [6.07, 6.45) is 0.313. The molecule has 0 saturated carbocycles. The molecule has 6 rings (SSSR count). The van der Waals surface area contributed by atoms with Crippen LogP contribution in [-0.4, -0.2) is 65.3 Å². The van der Waals surface area contributed by atoms with Gasteiger partial charge in [0.25, 0.3) is 0 Å². The molecule has 3 aromatic carbocycles. The number of hydrogen-bond donors (Lipinski definition) is 0. The van der Waals surface area contributed by atoms with Crippen LogP contribution >= 0.6 is 0 Å². The highest BCUT2D eigenvalue weighted by atomic mass is 28.3. The average molecular weight is 800 g/mol. The summed E-state index contributed by atoms with van der Waals surface area (Å²) in [4.78, 5) is 20.0. The van der Waals surface area contributed by atoms with Gasteiger partial charge in [0.15, 0.2) is 17.4 Å². The first-order valence-corrected chi connectivity index (χ1v) is 27.1. The Kier molecular flexibility index (Phi) is 12.3. The van der Waals surface area contributed by atoms with Crippen LogP contribution in [0.15, 0.2) is 60.7 Å². The number of para-hydroxylation sites is 1. The van der Waals surface area contributed by atoms with Crippen molar-refractivity contribution in [3.63, 3.8) is 0 Å². The summed E-state index contributed by atoms with van der Waals surface area (Å²) >= 11 is 0. The molecule has 10 nitrogen and oxygen atoms in total. The fourth-order valence-corrected chi connectivity index (χ4v) is 8.06. The summed E-state index contributed by atoms with van der Waals surface area (Å²) in [7, 11) is -2.65. The van der Waals surface area contributed by atoms with E-state index in [9.17, 15) is 4.79 Å². The first-order chi connectivity index (χ1) is 26.4. The lowest BCUT2D eigenvalue weighted by Gasteiger charge is -2.24. The molecule has 13 heteroatoms. The Hall–Kier alpha value is -4.31. The number of benzene rings is 3. The van der Waals surface area contributed by atoms with Crippen LogP contribution in [0.3, 0.4) is 0 Å². The van der Waals surface area contributed by atoms with Gasteiger partial charge in [0.1, 0.15) is 30.5 Å². The molecule has 0 aliphatic carbocycles. The number of aromatic nitrogens is 4. The van der Waals surface area contributed by atoms with Gasteiger partial charge in [-0.3, -0.25) is 4.90 Å². The fourth-order valence-electron chi connectivity index (χ4n) is 6.55. The van der Waals surface area contributed by atoms with E-state index in [1.54, 1.807) is 17.0 Å². The van der Waals surface area contributed by atoms with Crippen LogP contribution in [0.1, 0.15) is 44.6 Å². The summed E-state index contributed by atoms with van der Waals surface area (Å²) in [6.45, 7) is 24.1. The second kappa shape index (κ2) is 16.7. The topological polar surface area (TPSA) is 92.9 Å². The van der Waals surface area contributed by atoms with E-state index in [1.807, 2.05) is 67.9 Å². The van der Waals surface area contributed by atoms with Crippen molar-refractivity contribution in [3.05, 3.63) is 83.4 Å². The third kappa shape index (κ3) is 10.2. The van der Waals surface area contributed by atoms with E-state index in [0.29, 0.717) is 50.0 Å². The van der Waals surface area contributed by atoms with Crippen molar-refractivity contribution >= 4 is 33.1 Å². The van der Waals surface area contributed by atoms with Crippen LogP contribution in [0.5, 0.6) is 11.5 Å². The molecule has 0 spiro atoms. The Bertz CT molecular complexity index is 2170. The number of carbonyl (C=O) groups is 1. The zero-order chi connectivity index (χ0) is 40.4. The van der Waals surface area contributed by atoms with Crippen LogP contribution in [0, 0.1) is 5.82 Å². The average Bonchev–Trinajstić information content (AvgIpc) is 3.79.